The first kappa shape index (κ1) is 20.0. The molecule has 2 fully saturated rings. The molecule has 8 heteroatoms. The average Bonchev–Trinajstić information content (AvgIpc) is 3.13. The predicted molar refractivity (Wildman–Crippen MR) is 96.0 cm³/mol. The third-order valence-electron chi connectivity index (χ3n) is 5.44. The first-order valence-electron chi connectivity index (χ1n) is 8.95. The average molecular weight is 400 g/mol. The molecule has 3 rings (SSSR count). The number of likely N-dealkylation sites (tertiary alicyclic amines) is 1. The maximum Gasteiger partial charge on any atom is 0.313 e. The first-order chi connectivity index (χ1) is 12.9. The number of nitrogens with zero attached hydrogens (tertiary/aromatic N) is 1. The summed E-state index contributed by atoms with van der Waals surface area (Å²) < 4.78 is 24.7. The summed E-state index contributed by atoms with van der Waals surface area (Å²) in [6, 6.07) is 4.40. The monoisotopic (exact) mass is 399 g/mol. The number of benzene rings is 1. The topological polar surface area (TPSA) is 76.1 Å². The summed E-state index contributed by atoms with van der Waals surface area (Å²) in [6.45, 7) is 1.05. The van der Waals surface area contributed by atoms with Crippen LogP contribution in [0.4, 0.5) is 4.39 Å². The van der Waals surface area contributed by atoms with Crippen molar-refractivity contribution in [3.05, 3.63) is 34.6 Å². The van der Waals surface area contributed by atoms with E-state index in [4.69, 9.17) is 21.1 Å². The molecule has 3 atom stereocenters. The number of carboxylic acids is 1. The number of aliphatic carboxylic acids is 1. The second-order valence-corrected chi connectivity index (χ2v) is 7.65. The Kier molecular flexibility index (Phi) is 6.03. The van der Waals surface area contributed by atoms with Crippen molar-refractivity contribution in [1.82, 2.24) is 4.90 Å². The molecule has 1 amide bonds. The number of carbonyl (C=O) groups is 2. The van der Waals surface area contributed by atoms with E-state index in [9.17, 15) is 19.1 Å². The van der Waals surface area contributed by atoms with Gasteiger partial charge in [-0.25, -0.2) is 4.39 Å². The van der Waals surface area contributed by atoms with Crippen LogP contribution in [0, 0.1) is 17.2 Å². The third-order valence-corrected chi connectivity index (χ3v) is 5.75. The number of rotatable bonds is 5. The van der Waals surface area contributed by atoms with Crippen LogP contribution in [-0.4, -0.2) is 55.3 Å². The van der Waals surface area contributed by atoms with Gasteiger partial charge >= 0.3 is 5.97 Å². The summed E-state index contributed by atoms with van der Waals surface area (Å²) in [4.78, 5) is 26.5. The van der Waals surface area contributed by atoms with E-state index in [-0.39, 0.29) is 24.1 Å². The predicted octanol–water partition coefficient (Wildman–Crippen LogP) is 2.90. The van der Waals surface area contributed by atoms with Crippen molar-refractivity contribution in [2.45, 2.75) is 25.4 Å². The molecule has 2 aliphatic rings. The Hall–Kier alpha value is -1.70. The number of hydrogen-bond donors (Lipinski definition) is 1. The zero-order chi connectivity index (χ0) is 19.6. The highest BCUT2D eigenvalue weighted by Crippen LogP contribution is 2.39. The van der Waals surface area contributed by atoms with E-state index in [0.29, 0.717) is 38.0 Å². The number of hydrogen-bond acceptors (Lipinski definition) is 4. The molecule has 27 heavy (non-hydrogen) atoms. The van der Waals surface area contributed by atoms with Crippen LogP contribution in [0.3, 0.4) is 0 Å². The Labute approximate surface area is 162 Å². The molecule has 1 N–H and O–H groups in total. The Balaban J connectivity index is 1.79. The molecule has 0 aromatic heterocycles. The van der Waals surface area contributed by atoms with E-state index < -0.39 is 29.2 Å². The molecule has 0 saturated carbocycles. The minimum atomic E-state index is -1.09. The number of carboxylic acid groups (broad SMARTS) is 1. The highest BCUT2D eigenvalue weighted by molar-refractivity contribution is 6.30. The zero-order valence-electron chi connectivity index (χ0n) is 15.1. The molecule has 2 heterocycles. The molecular formula is C19H23ClFNO5. The van der Waals surface area contributed by atoms with Gasteiger partial charge in [0.15, 0.2) is 0 Å². The molecule has 0 radical (unpaired) electrons. The number of ether oxygens (including phenoxy) is 2. The number of carbonyl (C=O) groups excluding carboxylic acids is 1. The van der Waals surface area contributed by atoms with Crippen LogP contribution in [0.5, 0.6) is 0 Å². The number of halogens is 2. The van der Waals surface area contributed by atoms with Crippen molar-refractivity contribution < 1.29 is 28.6 Å². The second kappa shape index (κ2) is 8.12. The number of amides is 1. The highest BCUT2D eigenvalue weighted by Gasteiger charge is 2.46. The van der Waals surface area contributed by atoms with Gasteiger partial charge in [0, 0.05) is 26.8 Å². The van der Waals surface area contributed by atoms with Crippen LogP contribution in [0.2, 0.25) is 5.02 Å². The fourth-order valence-corrected chi connectivity index (χ4v) is 4.16. The molecular weight excluding hydrogens is 377 g/mol. The molecule has 0 bridgehead atoms. The lowest BCUT2D eigenvalue weighted by Crippen LogP contribution is -2.53. The summed E-state index contributed by atoms with van der Waals surface area (Å²) in [7, 11) is 1.46. The molecule has 2 aliphatic heterocycles. The SMILES string of the molecule is COCC1(C(=O)O)CCCN(C(=O)[C@@H]2CCO[C@H]2c2ccc(Cl)c(F)c2)C1. The van der Waals surface area contributed by atoms with Gasteiger partial charge in [-0.3, -0.25) is 9.59 Å². The van der Waals surface area contributed by atoms with Crippen molar-refractivity contribution in [2.75, 3.05) is 33.4 Å². The largest absolute Gasteiger partial charge is 0.481 e. The first-order valence-corrected chi connectivity index (χ1v) is 9.33. The van der Waals surface area contributed by atoms with Gasteiger partial charge < -0.3 is 19.5 Å². The zero-order valence-corrected chi connectivity index (χ0v) is 15.9. The maximum atomic E-state index is 13.8. The molecule has 0 spiro atoms. The minimum absolute atomic E-state index is 0.0152. The summed E-state index contributed by atoms with van der Waals surface area (Å²) in [5.74, 6) is -2.15. The van der Waals surface area contributed by atoms with Gasteiger partial charge in [-0.2, -0.15) is 0 Å². The highest BCUT2D eigenvalue weighted by atomic mass is 35.5. The second-order valence-electron chi connectivity index (χ2n) is 7.24. The fraction of sp³-hybridized carbons (Fsp3) is 0.579. The molecule has 2 saturated heterocycles. The number of methoxy groups -OCH3 is 1. The summed E-state index contributed by atoms with van der Waals surface area (Å²) >= 11 is 5.74. The Bertz CT molecular complexity index is 726. The Morgan fingerprint density at radius 3 is 2.93 bits per heavy atom. The number of piperidine rings is 1. The van der Waals surface area contributed by atoms with Crippen LogP contribution in [0.15, 0.2) is 18.2 Å². The van der Waals surface area contributed by atoms with E-state index in [1.54, 1.807) is 11.0 Å². The van der Waals surface area contributed by atoms with E-state index in [0.717, 1.165) is 0 Å². The van der Waals surface area contributed by atoms with Crippen LogP contribution >= 0.6 is 11.6 Å². The maximum absolute atomic E-state index is 13.8. The lowest BCUT2D eigenvalue weighted by Gasteiger charge is -2.40. The molecule has 0 aliphatic carbocycles. The van der Waals surface area contributed by atoms with Crippen molar-refractivity contribution in [3.8, 4) is 0 Å². The van der Waals surface area contributed by atoms with Crippen LogP contribution in [0.25, 0.3) is 0 Å². The molecule has 1 aromatic carbocycles. The van der Waals surface area contributed by atoms with E-state index >= 15 is 0 Å². The van der Waals surface area contributed by atoms with Gasteiger partial charge in [0.1, 0.15) is 11.2 Å². The van der Waals surface area contributed by atoms with E-state index in [2.05, 4.69) is 0 Å². The molecule has 148 valence electrons. The molecule has 1 aromatic rings. The van der Waals surface area contributed by atoms with Crippen LogP contribution in [-0.2, 0) is 19.1 Å². The Morgan fingerprint density at radius 2 is 2.26 bits per heavy atom. The van der Waals surface area contributed by atoms with Crippen molar-refractivity contribution in [2.24, 2.45) is 11.3 Å². The van der Waals surface area contributed by atoms with Gasteiger partial charge in [-0.05, 0) is 37.0 Å². The van der Waals surface area contributed by atoms with Crippen LogP contribution in [0.1, 0.15) is 30.9 Å². The lowest BCUT2D eigenvalue weighted by atomic mass is 9.80. The van der Waals surface area contributed by atoms with Gasteiger partial charge in [0.05, 0.1) is 23.7 Å². The summed E-state index contributed by atoms with van der Waals surface area (Å²) in [6.07, 6.45) is 1.00. The lowest BCUT2D eigenvalue weighted by molar-refractivity contribution is -0.160. The van der Waals surface area contributed by atoms with Crippen molar-refractivity contribution in [1.29, 1.82) is 0 Å². The van der Waals surface area contributed by atoms with Gasteiger partial charge in [-0.1, -0.05) is 17.7 Å². The Morgan fingerprint density at radius 1 is 1.48 bits per heavy atom. The van der Waals surface area contributed by atoms with E-state index in [1.807, 2.05) is 0 Å². The van der Waals surface area contributed by atoms with Gasteiger partial charge in [-0.15, -0.1) is 0 Å². The quantitative estimate of drug-likeness (QED) is 0.823. The van der Waals surface area contributed by atoms with Crippen LogP contribution < -0.4 is 0 Å². The van der Waals surface area contributed by atoms with Crippen molar-refractivity contribution >= 4 is 23.5 Å². The standard InChI is InChI=1S/C19H23ClFNO5/c1-26-11-19(18(24)25)6-2-7-22(10-19)17(23)13-5-8-27-16(13)12-3-4-14(20)15(21)9-12/h3-4,9,13,16H,2,5-8,10-11H2,1H3,(H,24,25)/t13-,16+,19?/m1/s1. The minimum Gasteiger partial charge on any atom is -0.481 e. The molecule has 1 unspecified atom stereocenters. The van der Waals surface area contributed by atoms with E-state index in [1.165, 1.54) is 19.2 Å². The summed E-state index contributed by atoms with van der Waals surface area (Å²) in [5.41, 5.74) is -0.532. The molecule has 6 nitrogen and oxygen atoms in total. The fourth-order valence-electron chi connectivity index (χ4n) is 4.05. The van der Waals surface area contributed by atoms with Gasteiger partial charge in [0.25, 0.3) is 0 Å². The normalized spacial score (nSPS) is 28.3. The van der Waals surface area contributed by atoms with Gasteiger partial charge in [0.2, 0.25) is 5.91 Å². The third kappa shape index (κ3) is 3.95. The van der Waals surface area contributed by atoms with Crippen molar-refractivity contribution in [3.63, 3.8) is 0 Å². The smallest absolute Gasteiger partial charge is 0.313 e. The summed E-state index contributed by atoms with van der Waals surface area (Å²) in [5, 5.41) is 9.69.